The van der Waals surface area contributed by atoms with Gasteiger partial charge in [0.1, 0.15) is 5.69 Å². The van der Waals surface area contributed by atoms with Crippen LogP contribution in [0.4, 0.5) is 5.13 Å². The number of β-amino-alcohol motifs (C(OH)–C–C–N with tert-alkyl or cyclic N) is 1. The summed E-state index contributed by atoms with van der Waals surface area (Å²) in [4.78, 5) is 20.5. The zero-order valence-corrected chi connectivity index (χ0v) is 11.4. The van der Waals surface area contributed by atoms with Crippen molar-refractivity contribution in [3.8, 4) is 11.4 Å². The molecule has 3 N–H and O–H groups in total. The van der Waals surface area contributed by atoms with Crippen LogP contribution in [0.15, 0.2) is 29.8 Å². The standard InChI is InChI=1S/C13H14N4O2S/c18-8-5-10(15-6-8)12(19)17-13-16-11(7-20-13)9-3-1-2-4-14-9/h1-4,7-8,10,15,18H,5-6H2,(H,16,17,19). The van der Waals surface area contributed by atoms with Crippen LogP contribution in [0.5, 0.6) is 0 Å². The molecule has 2 atom stereocenters. The second-order valence-corrected chi connectivity index (χ2v) is 5.45. The summed E-state index contributed by atoms with van der Waals surface area (Å²) in [6, 6.07) is 5.25. The molecule has 0 spiro atoms. The number of hydrogen-bond donors (Lipinski definition) is 3. The number of anilines is 1. The number of thiazole rings is 1. The van der Waals surface area contributed by atoms with Crippen LogP contribution in [0.1, 0.15) is 6.42 Å². The number of aliphatic hydroxyl groups excluding tert-OH is 1. The van der Waals surface area contributed by atoms with Gasteiger partial charge in [0, 0.05) is 18.1 Å². The Bertz CT molecular complexity index is 601. The first-order valence-corrected chi connectivity index (χ1v) is 7.19. The molecule has 1 saturated heterocycles. The Kier molecular flexibility index (Phi) is 3.72. The first kappa shape index (κ1) is 13.2. The van der Waals surface area contributed by atoms with Crippen LogP contribution >= 0.6 is 11.3 Å². The number of nitrogens with one attached hydrogen (secondary N) is 2. The maximum Gasteiger partial charge on any atom is 0.243 e. The highest BCUT2D eigenvalue weighted by molar-refractivity contribution is 7.14. The SMILES string of the molecule is O=C(Nc1nc(-c2ccccn2)cs1)C1CC(O)CN1. The Labute approximate surface area is 119 Å². The third-order valence-electron chi connectivity index (χ3n) is 3.09. The van der Waals surface area contributed by atoms with Crippen molar-refractivity contribution >= 4 is 22.4 Å². The van der Waals surface area contributed by atoms with Gasteiger partial charge in [-0.1, -0.05) is 6.07 Å². The normalized spacial score (nSPS) is 21.9. The van der Waals surface area contributed by atoms with Gasteiger partial charge in [-0.3, -0.25) is 9.78 Å². The summed E-state index contributed by atoms with van der Waals surface area (Å²) < 4.78 is 0. The van der Waals surface area contributed by atoms with E-state index in [1.165, 1.54) is 11.3 Å². The molecule has 2 aromatic heterocycles. The molecule has 1 aliphatic rings. The average molecular weight is 290 g/mol. The number of aromatic nitrogens is 2. The van der Waals surface area contributed by atoms with E-state index in [4.69, 9.17) is 0 Å². The van der Waals surface area contributed by atoms with Gasteiger partial charge in [-0.05, 0) is 18.6 Å². The summed E-state index contributed by atoms with van der Waals surface area (Å²) in [5.41, 5.74) is 1.52. The molecule has 0 radical (unpaired) electrons. The van der Waals surface area contributed by atoms with Gasteiger partial charge < -0.3 is 15.7 Å². The third-order valence-corrected chi connectivity index (χ3v) is 3.84. The third kappa shape index (κ3) is 2.84. The maximum atomic E-state index is 12.0. The highest BCUT2D eigenvalue weighted by Crippen LogP contribution is 2.23. The van der Waals surface area contributed by atoms with Gasteiger partial charge in [0.15, 0.2) is 5.13 Å². The van der Waals surface area contributed by atoms with Crippen molar-refractivity contribution < 1.29 is 9.90 Å². The summed E-state index contributed by atoms with van der Waals surface area (Å²) in [5.74, 6) is -0.163. The Hall–Kier alpha value is -1.83. The molecule has 2 aromatic rings. The second kappa shape index (κ2) is 5.66. The van der Waals surface area contributed by atoms with Gasteiger partial charge in [-0.25, -0.2) is 4.98 Å². The van der Waals surface area contributed by atoms with E-state index in [9.17, 15) is 9.90 Å². The molecule has 1 amide bonds. The number of pyridine rings is 1. The van der Waals surface area contributed by atoms with Crippen LogP contribution in [0, 0.1) is 0 Å². The lowest BCUT2D eigenvalue weighted by atomic mass is 10.2. The summed E-state index contributed by atoms with van der Waals surface area (Å²) in [6.07, 6.45) is 1.69. The summed E-state index contributed by atoms with van der Waals surface area (Å²) in [7, 11) is 0. The highest BCUT2D eigenvalue weighted by atomic mass is 32.1. The number of carbonyl (C=O) groups excluding carboxylic acids is 1. The van der Waals surface area contributed by atoms with E-state index in [0.29, 0.717) is 18.1 Å². The van der Waals surface area contributed by atoms with Crippen LogP contribution < -0.4 is 10.6 Å². The molecular weight excluding hydrogens is 276 g/mol. The van der Waals surface area contributed by atoms with Crippen molar-refractivity contribution in [1.29, 1.82) is 0 Å². The van der Waals surface area contributed by atoms with Crippen molar-refractivity contribution in [3.05, 3.63) is 29.8 Å². The Morgan fingerprint density at radius 2 is 2.35 bits per heavy atom. The molecule has 2 unspecified atom stereocenters. The molecule has 1 aliphatic heterocycles. The zero-order valence-electron chi connectivity index (χ0n) is 10.6. The minimum absolute atomic E-state index is 0.163. The van der Waals surface area contributed by atoms with Crippen LogP contribution in [0.3, 0.4) is 0 Å². The fourth-order valence-electron chi connectivity index (χ4n) is 2.07. The Morgan fingerprint density at radius 1 is 1.45 bits per heavy atom. The van der Waals surface area contributed by atoms with Gasteiger partial charge in [0.2, 0.25) is 5.91 Å². The molecule has 0 aromatic carbocycles. The molecule has 1 fully saturated rings. The van der Waals surface area contributed by atoms with E-state index < -0.39 is 6.10 Å². The molecule has 3 rings (SSSR count). The molecule has 0 saturated carbocycles. The minimum Gasteiger partial charge on any atom is -0.392 e. The first-order valence-electron chi connectivity index (χ1n) is 6.31. The lowest BCUT2D eigenvalue weighted by Gasteiger charge is -2.08. The van der Waals surface area contributed by atoms with E-state index in [1.807, 2.05) is 23.6 Å². The highest BCUT2D eigenvalue weighted by Gasteiger charge is 2.28. The first-order chi connectivity index (χ1) is 9.72. The Balaban J connectivity index is 1.67. The van der Waals surface area contributed by atoms with E-state index in [0.717, 1.165) is 11.4 Å². The zero-order chi connectivity index (χ0) is 13.9. The Morgan fingerprint density at radius 3 is 3.05 bits per heavy atom. The molecule has 7 heteroatoms. The lowest BCUT2D eigenvalue weighted by Crippen LogP contribution is -2.35. The molecule has 0 bridgehead atoms. The number of hydrogen-bond acceptors (Lipinski definition) is 6. The summed E-state index contributed by atoms with van der Waals surface area (Å²) in [5, 5.41) is 17.5. The van der Waals surface area contributed by atoms with Crippen molar-refractivity contribution in [2.45, 2.75) is 18.6 Å². The maximum absolute atomic E-state index is 12.0. The van der Waals surface area contributed by atoms with Gasteiger partial charge in [0.25, 0.3) is 0 Å². The minimum atomic E-state index is -0.453. The molecule has 3 heterocycles. The predicted molar refractivity (Wildman–Crippen MR) is 76.4 cm³/mol. The van der Waals surface area contributed by atoms with E-state index in [1.54, 1.807) is 6.20 Å². The monoisotopic (exact) mass is 290 g/mol. The van der Waals surface area contributed by atoms with Gasteiger partial charge in [0.05, 0.1) is 17.8 Å². The van der Waals surface area contributed by atoms with E-state index in [2.05, 4.69) is 20.6 Å². The topological polar surface area (TPSA) is 87.1 Å². The molecule has 6 nitrogen and oxygen atoms in total. The number of rotatable bonds is 3. The van der Waals surface area contributed by atoms with E-state index in [-0.39, 0.29) is 11.9 Å². The molecule has 20 heavy (non-hydrogen) atoms. The van der Waals surface area contributed by atoms with Crippen molar-refractivity contribution in [2.75, 3.05) is 11.9 Å². The molecule has 104 valence electrons. The lowest BCUT2D eigenvalue weighted by molar-refractivity contribution is -0.117. The smallest absolute Gasteiger partial charge is 0.243 e. The van der Waals surface area contributed by atoms with Crippen molar-refractivity contribution in [2.24, 2.45) is 0 Å². The molecular formula is C13H14N4O2S. The average Bonchev–Trinajstić information content (AvgIpc) is 3.09. The van der Waals surface area contributed by atoms with Crippen LogP contribution in [0.25, 0.3) is 11.4 Å². The number of aliphatic hydroxyl groups is 1. The summed E-state index contributed by atoms with van der Waals surface area (Å²) >= 11 is 1.36. The van der Waals surface area contributed by atoms with Crippen LogP contribution in [-0.4, -0.2) is 39.7 Å². The quantitative estimate of drug-likeness (QED) is 0.780. The number of nitrogens with zero attached hydrogens (tertiary/aromatic N) is 2. The summed E-state index contributed by atoms with van der Waals surface area (Å²) in [6.45, 7) is 0.454. The van der Waals surface area contributed by atoms with Crippen molar-refractivity contribution in [1.82, 2.24) is 15.3 Å². The van der Waals surface area contributed by atoms with Crippen molar-refractivity contribution in [3.63, 3.8) is 0 Å². The van der Waals surface area contributed by atoms with E-state index >= 15 is 0 Å². The predicted octanol–water partition coefficient (Wildman–Crippen LogP) is 0.866. The van der Waals surface area contributed by atoms with Crippen LogP contribution in [-0.2, 0) is 4.79 Å². The van der Waals surface area contributed by atoms with Crippen LogP contribution in [0.2, 0.25) is 0 Å². The number of carbonyl (C=O) groups is 1. The number of amides is 1. The fourth-order valence-corrected chi connectivity index (χ4v) is 2.78. The molecule has 0 aliphatic carbocycles. The van der Waals surface area contributed by atoms with Gasteiger partial charge in [-0.15, -0.1) is 11.3 Å². The van der Waals surface area contributed by atoms with Gasteiger partial charge in [-0.2, -0.15) is 0 Å². The largest absolute Gasteiger partial charge is 0.392 e. The fraction of sp³-hybridized carbons (Fsp3) is 0.308. The van der Waals surface area contributed by atoms with Gasteiger partial charge >= 0.3 is 0 Å². The second-order valence-electron chi connectivity index (χ2n) is 4.59.